The first-order valence-corrected chi connectivity index (χ1v) is 12.1. The fourth-order valence-corrected chi connectivity index (χ4v) is 4.61. The molecule has 0 aliphatic heterocycles. The predicted octanol–water partition coefficient (Wildman–Crippen LogP) is 2.76. The molecule has 4 rings (SSSR count). The second-order valence-electron chi connectivity index (χ2n) is 9.48. The van der Waals surface area contributed by atoms with Gasteiger partial charge in [-0.3, -0.25) is 4.79 Å². The second kappa shape index (κ2) is 11.0. The number of aliphatic carboxylic acids is 1. The van der Waals surface area contributed by atoms with Crippen LogP contribution in [0.5, 0.6) is 5.75 Å². The molecule has 2 N–H and O–H groups in total. The van der Waals surface area contributed by atoms with Gasteiger partial charge >= 0.3 is 12.1 Å². The zero-order valence-corrected chi connectivity index (χ0v) is 20.2. The molecule has 35 heavy (non-hydrogen) atoms. The Labute approximate surface area is 204 Å². The van der Waals surface area contributed by atoms with E-state index in [1.54, 1.807) is 31.1 Å². The van der Waals surface area contributed by atoms with E-state index in [1.165, 1.54) is 11.1 Å². The average molecular weight is 488 g/mol. The summed E-state index contributed by atoms with van der Waals surface area (Å²) >= 11 is 0. The summed E-state index contributed by atoms with van der Waals surface area (Å²) in [5.74, 6) is -0.260. The molecule has 0 aromatic carbocycles. The zero-order chi connectivity index (χ0) is 24.9. The van der Waals surface area contributed by atoms with Crippen molar-refractivity contribution in [2.24, 2.45) is 18.9 Å². The molecule has 2 aromatic heterocycles. The number of carboxylic acid groups (broad SMARTS) is 1. The van der Waals surface area contributed by atoms with Gasteiger partial charge in [-0.1, -0.05) is 11.6 Å². The summed E-state index contributed by atoms with van der Waals surface area (Å²) < 4.78 is 13.1. The third-order valence-corrected chi connectivity index (χ3v) is 6.94. The number of ether oxygens (including phenoxy) is 2. The molecule has 2 atom stereocenters. The number of pyridine rings is 1. The van der Waals surface area contributed by atoms with Gasteiger partial charge in [-0.2, -0.15) is 0 Å². The van der Waals surface area contributed by atoms with Crippen molar-refractivity contribution in [3.63, 3.8) is 0 Å². The number of amides is 1. The van der Waals surface area contributed by atoms with Crippen molar-refractivity contribution in [2.45, 2.75) is 64.3 Å². The lowest BCUT2D eigenvalue weighted by atomic mass is 9.85. The van der Waals surface area contributed by atoms with Crippen molar-refractivity contribution in [1.82, 2.24) is 24.9 Å². The van der Waals surface area contributed by atoms with E-state index in [4.69, 9.17) is 9.47 Å². The maximum Gasteiger partial charge on any atom is 0.409 e. The summed E-state index contributed by atoms with van der Waals surface area (Å²) in [6.07, 6.45) is 5.47. The van der Waals surface area contributed by atoms with Crippen molar-refractivity contribution in [3.05, 3.63) is 23.5 Å². The van der Waals surface area contributed by atoms with Crippen LogP contribution in [0.15, 0.2) is 12.1 Å². The maximum absolute atomic E-state index is 12.4. The van der Waals surface area contributed by atoms with E-state index >= 15 is 0 Å². The molecule has 0 radical (unpaired) electrons. The number of aliphatic hydroxyl groups excluding tert-OH is 1. The Morgan fingerprint density at radius 2 is 1.97 bits per heavy atom. The van der Waals surface area contributed by atoms with Gasteiger partial charge in [-0.15, -0.1) is 5.10 Å². The molecule has 1 amide bonds. The molecule has 11 nitrogen and oxygen atoms in total. The molecule has 2 heterocycles. The lowest BCUT2D eigenvalue weighted by Crippen LogP contribution is -2.34. The van der Waals surface area contributed by atoms with Crippen LogP contribution in [0.1, 0.15) is 56.3 Å². The molecule has 0 bridgehead atoms. The summed E-state index contributed by atoms with van der Waals surface area (Å²) in [5.41, 5.74) is 1.83. The zero-order valence-electron chi connectivity index (χ0n) is 20.2. The molecule has 0 saturated heterocycles. The molecule has 2 saturated carbocycles. The van der Waals surface area contributed by atoms with E-state index in [1.807, 2.05) is 0 Å². The number of nitrogens with zero attached hydrogens (tertiary/aromatic N) is 5. The Balaban J connectivity index is 1.44. The van der Waals surface area contributed by atoms with Crippen molar-refractivity contribution < 1.29 is 29.3 Å². The van der Waals surface area contributed by atoms with Crippen molar-refractivity contribution in [3.8, 4) is 17.1 Å². The topological polar surface area (TPSA) is 140 Å². The summed E-state index contributed by atoms with van der Waals surface area (Å²) in [5, 5.41) is 27.5. The van der Waals surface area contributed by atoms with Gasteiger partial charge < -0.3 is 24.6 Å². The van der Waals surface area contributed by atoms with Gasteiger partial charge in [0.1, 0.15) is 29.4 Å². The van der Waals surface area contributed by atoms with E-state index in [2.05, 4.69) is 15.3 Å². The van der Waals surface area contributed by atoms with Crippen molar-refractivity contribution >= 4 is 12.1 Å². The highest BCUT2D eigenvalue weighted by molar-refractivity contribution is 5.70. The number of carboxylic acids is 1. The molecule has 2 aliphatic rings. The van der Waals surface area contributed by atoms with Crippen LogP contribution in [0.4, 0.5) is 4.79 Å². The minimum Gasteiger partial charge on any atom is -0.488 e. The molecule has 0 spiro atoms. The maximum atomic E-state index is 12.4. The van der Waals surface area contributed by atoms with E-state index in [9.17, 15) is 19.8 Å². The van der Waals surface area contributed by atoms with Gasteiger partial charge in [0.05, 0.1) is 24.3 Å². The summed E-state index contributed by atoms with van der Waals surface area (Å²) in [6, 6.07) is 3.42. The van der Waals surface area contributed by atoms with Gasteiger partial charge in [0.25, 0.3) is 0 Å². The van der Waals surface area contributed by atoms with Gasteiger partial charge in [0.2, 0.25) is 0 Å². The van der Waals surface area contributed by atoms with E-state index in [0.29, 0.717) is 53.8 Å². The minimum absolute atomic E-state index is 0.0142. The number of hydrogen-bond acceptors (Lipinski definition) is 8. The SMILES string of the molecule is CN(CC1CCC1)C(=O)OCc1c(-c2ccc(O[C@H]3CCC[C@H](C(=O)O)C3)c(CO)n2)nnn1C. The minimum atomic E-state index is -0.806. The predicted molar refractivity (Wildman–Crippen MR) is 124 cm³/mol. The Bertz CT molecular complexity index is 1050. The van der Waals surface area contributed by atoms with Crippen LogP contribution in [0, 0.1) is 11.8 Å². The fourth-order valence-electron chi connectivity index (χ4n) is 4.61. The average Bonchev–Trinajstić information content (AvgIpc) is 3.20. The van der Waals surface area contributed by atoms with Gasteiger partial charge in [0, 0.05) is 20.6 Å². The Morgan fingerprint density at radius 1 is 1.20 bits per heavy atom. The number of hydrogen-bond donors (Lipinski definition) is 2. The molecule has 11 heteroatoms. The largest absolute Gasteiger partial charge is 0.488 e. The number of aryl methyl sites for hydroxylation is 1. The lowest BCUT2D eigenvalue weighted by Gasteiger charge is -2.29. The van der Waals surface area contributed by atoms with E-state index in [0.717, 1.165) is 25.7 Å². The standard InChI is InChI=1S/C24H33N5O6/c1-28(12-15-5-3-6-15)24(33)34-14-20-22(26-27-29(20)2)18-9-10-21(19(13-30)25-18)35-17-8-4-7-16(11-17)23(31)32/h9-10,15-17,30H,3-8,11-14H2,1-2H3,(H,31,32)/t16-,17-/m0/s1. The highest BCUT2D eigenvalue weighted by Gasteiger charge is 2.29. The van der Waals surface area contributed by atoms with Crippen LogP contribution < -0.4 is 4.74 Å². The van der Waals surface area contributed by atoms with Crippen molar-refractivity contribution in [1.29, 1.82) is 0 Å². The highest BCUT2D eigenvalue weighted by atomic mass is 16.6. The number of rotatable bonds is 9. The fraction of sp³-hybridized carbons (Fsp3) is 0.625. The first kappa shape index (κ1) is 24.9. The summed E-state index contributed by atoms with van der Waals surface area (Å²) in [7, 11) is 3.45. The second-order valence-corrected chi connectivity index (χ2v) is 9.48. The summed E-state index contributed by atoms with van der Waals surface area (Å²) in [4.78, 5) is 29.9. The molecule has 190 valence electrons. The first-order chi connectivity index (χ1) is 16.9. The third-order valence-electron chi connectivity index (χ3n) is 6.94. The Morgan fingerprint density at radius 3 is 2.66 bits per heavy atom. The van der Waals surface area contributed by atoms with Crippen LogP contribution in [0.25, 0.3) is 11.4 Å². The third kappa shape index (κ3) is 5.90. The smallest absolute Gasteiger partial charge is 0.409 e. The van der Waals surface area contributed by atoms with Gasteiger partial charge in [-0.05, 0) is 56.6 Å². The molecule has 2 fully saturated rings. The monoisotopic (exact) mass is 487 g/mol. The highest BCUT2D eigenvalue weighted by Crippen LogP contribution is 2.31. The normalized spacial score (nSPS) is 20.2. The number of carbonyl (C=O) groups is 2. The van der Waals surface area contributed by atoms with Crippen molar-refractivity contribution in [2.75, 3.05) is 13.6 Å². The Kier molecular flexibility index (Phi) is 7.84. The van der Waals surface area contributed by atoms with Gasteiger partial charge in [0.15, 0.2) is 0 Å². The molecule has 2 aliphatic carbocycles. The Hall–Kier alpha value is -3.21. The first-order valence-electron chi connectivity index (χ1n) is 12.1. The number of aromatic nitrogens is 4. The number of carbonyl (C=O) groups excluding carboxylic acids is 1. The lowest BCUT2D eigenvalue weighted by molar-refractivity contribution is -0.143. The molecule has 2 aromatic rings. The molecule has 0 unspecified atom stereocenters. The van der Waals surface area contributed by atoms with Crippen LogP contribution in [-0.2, 0) is 29.8 Å². The van der Waals surface area contributed by atoms with E-state index < -0.39 is 18.0 Å². The summed E-state index contributed by atoms with van der Waals surface area (Å²) in [6.45, 7) is 0.320. The quantitative estimate of drug-likeness (QED) is 0.546. The van der Waals surface area contributed by atoms with Crippen LogP contribution in [-0.4, -0.2) is 66.8 Å². The number of aliphatic hydroxyl groups is 1. The molecular weight excluding hydrogens is 454 g/mol. The molecular formula is C24H33N5O6. The van der Waals surface area contributed by atoms with Crippen LogP contribution in [0.3, 0.4) is 0 Å². The van der Waals surface area contributed by atoms with Gasteiger partial charge in [-0.25, -0.2) is 14.5 Å². The van der Waals surface area contributed by atoms with Crippen LogP contribution in [0.2, 0.25) is 0 Å². The van der Waals surface area contributed by atoms with Crippen LogP contribution >= 0.6 is 0 Å². The van der Waals surface area contributed by atoms with E-state index in [-0.39, 0.29) is 19.3 Å².